The number of nitrogens with one attached hydrogen (secondary N) is 2. The Morgan fingerprint density at radius 3 is 2.50 bits per heavy atom. The number of aliphatic hydroxyl groups excluding tert-OH is 1. The summed E-state index contributed by atoms with van der Waals surface area (Å²) in [6.45, 7) is 12.4. The first-order valence-corrected chi connectivity index (χ1v) is 11.4. The third-order valence-corrected chi connectivity index (χ3v) is 5.49. The van der Waals surface area contributed by atoms with Gasteiger partial charge in [0.1, 0.15) is 17.8 Å². The SMILES string of the molecule is C=Cc1cnc(C=CC(C)(C)C(=O)NC(CCn2cc(CO)nn2)C(=O)NC(C)C(N)=O)cc1C=C. The molecule has 5 N–H and O–H groups in total. The van der Waals surface area contributed by atoms with Crippen LogP contribution < -0.4 is 16.4 Å². The summed E-state index contributed by atoms with van der Waals surface area (Å²) in [6, 6.07) is -0.0682. The molecule has 0 spiro atoms. The lowest BCUT2D eigenvalue weighted by molar-refractivity contribution is -0.133. The van der Waals surface area contributed by atoms with Gasteiger partial charge in [-0.3, -0.25) is 24.0 Å². The number of hydrogen-bond acceptors (Lipinski definition) is 7. The number of carbonyl (C=O) groups excluding carboxylic acids is 3. The van der Waals surface area contributed by atoms with Crippen LogP contribution in [0.4, 0.5) is 0 Å². The second-order valence-electron chi connectivity index (χ2n) is 8.78. The second-order valence-corrected chi connectivity index (χ2v) is 8.78. The zero-order valence-electron chi connectivity index (χ0n) is 20.8. The Balaban J connectivity index is 2.18. The van der Waals surface area contributed by atoms with Crippen molar-refractivity contribution in [3.05, 3.63) is 60.2 Å². The molecule has 0 aromatic carbocycles. The number of rotatable bonds is 13. The van der Waals surface area contributed by atoms with Crippen molar-refractivity contribution in [3.8, 4) is 0 Å². The third kappa shape index (κ3) is 7.70. The molecule has 0 saturated heterocycles. The monoisotopic (exact) mass is 495 g/mol. The van der Waals surface area contributed by atoms with E-state index in [2.05, 4.69) is 39.1 Å². The fourth-order valence-corrected chi connectivity index (χ4v) is 3.09. The molecule has 2 rings (SSSR count). The number of pyridine rings is 1. The minimum absolute atomic E-state index is 0.157. The Hall–Kier alpha value is -4.12. The molecule has 192 valence electrons. The number of hydrogen-bond donors (Lipinski definition) is 4. The molecule has 0 radical (unpaired) electrons. The second kappa shape index (κ2) is 12.5. The summed E-state index contributed by atoms with van der Waals surface area (Å²) in [5.41, 5.74) is 6.97. The molecule has 2 aromatic rings. The summed E-state index contributed by atoms with van der Waals surface area (Å²) in [5.74, 6) is -1.67. The predicted octanol–water partition coefficient (Wildman–Crippen LogP) is 1.06. The predicted molar refractivity (Wildman–Crippen MR) is 137 cm³/mol. The number of nitrogens with two attached hydrogens (primary N) is 1. The zero-order valence-corrected chi connectivity index (χ0v) is 20.8. The minimum Gasteiger partial charge on any atom is -0.390 e. The normalized spacial score (nSPS) is 13.1. The lowest BCUT2D eigenvalue weighted by Crippen LogP contribution is -2.54. The number of aliphatic hydroxyl groups is 1. The maximum Gasteiger partial charge on any atom is 0.243 e. The van der Waals surface area contributed by atoms with Gasteiger partial charge < -0.3 is 21.5 Å². The maximum atomic E-state index is 13.2. The highest BCUT2D eigenvalue weighted by molar-refractivity contribution is 5.93. The minimum atomic E-state index is -1.00. The van der Waals surface area contributed by atoms with Crippen LogP contribution in [0.25, 0.3) is 18.2 Å². The topological polar surface area (TPSA) is 165 Å². The molecule has 11 nitrogen and oxygen atoms in total. The number of amides is 3. The van der Waals surface area contributed by atoms with Crippen molar-refractivity contribution in [2.45, 2.75) is 52.4 Å². The lowest BCUT2D eigenvalue weighted by atomic mass is 9.90. The van der Waals surface area contributed by atoms with Crippen LogP contribution in [-0.2, 0) is 27.5 Å². The molecule has 0 fully saturated rings. The van der Waals surface area contributed by atoms with Crippen molar-refractivity contribution in [2.75, 3.05) is 0 Å². The fraction of sp³-hybridized carbons (Fsp3) is 0.360. The molecular formula is C25H33N7O4. The van der Waals surface area contributed by atoms with Crippen molar-refractivity contribution < 1.29 is 19.5 Å². The van der Waals surface area contributed by atoms with E-state index in [9.17, 15) is 14.4 Å². The van der Waals surface area contributed by atoms with Crippen molar-refractivity contribution in [1.82, 2.24) is 30.6 Å². The number of nitrogens with zero attached hydrogens (tertiary/aromatic N) is 4. The molecule has 2 heterocycles. The van der Waals surface area contributed by atoms with E-state index in [4.69, 9.17) is 10.8 Å². The Morgan fingerprint density at radius 2 is 1.92 bits per heavy atom. The molecule has 0 aliphatic carbocycles. The zero-order chi connectivity index (χ0) is 26.9. The maximum absolute atomic E-state index is 13.2. The molecule has 11 heteroatoms. The van der Waals surface area contributed by atoms with Crippen LogP contribution in [0.3, 0.4) is 0 Å². The van der Waals surface area contributed by atoms with Gasteiger partial charge in [0.15, 0.2) is 0 Å². The van der Waals surface area contributed by atoms with Gasteiger partial charge in [-0.2, -0.15) is 0 Å². The summed E-state index contributed by atoms with van der Waals surface area (Å²) in [4.78, 5) is 41.8. The van der Waals surface area contributed by atoms with E-state index in [0.29, 0.717) is 11.4 Å². The summed E-state index contributed by atoms with van der Waals surface area (Å²) < 4.78 is 1.45. The van der Waals surface area contributed by atoms with E-state index >= 15 is 0 Å². The first-order valence-electron chi connectivity index (χ1n) is 11.4. The van der Waals surface area contributed by atoms with Crippen molar-refractivity contribution in [1.29, 1.82) is 0 Å². The Labute approximate surface area is 210 Å². The Kier molecular flexibility index (Phi) is 9.80. The van der Waals surface area contributed by atoms with Crippen molar-refractivity contribution in [2.24, 2.45) is 11.1 Å². The Bertz CT molecular complexity index is 1150. The smallest absolute Gasteiger partial charge is 0.243 e. The lowest BCUT2D eigenvalue weighted by Gasteiger charge is -2.25. The largest absolute Gasteiger partial charge is 0.390 e. The van der Waals surface area contributed by atoms with Gasteiger partial charge in [0, 0.05) is 12.7 Å². The molecule has 0 aliphatic rings. The van der Waals surface area contributed by atoms with Gasteiger partial charge in [0.25, 0.3) is 0 Å². The molecule has 0 aliphatic heterocycles. The first kappa shape index (κ1) is 28.1. The van der Waals surface area contributed by atoms with E-state index in [1.54, 1.807) is 44.3 Å². The summed E-state index contributed by atoms with van der Waals surface area (Å²) in [5, 5.41) is 22.1. The summed E-state index contributed by atoms with van der Waals surface area (Å²) in [6.07, 6.45) is 10.2. The Morgan fingerprint density at radius 1 is 1.22 bits per heavy atom. The van der Waals surface area contributed by atoms with Gasteiger partial charge in [-0.1, -0.05) is 36.6 Å². The van der Waals surface area contributed by atoms with Crippen LogP contribution >= 0.6 is 0 Å². The van der Waals surface area contributed by atoms with Gasteiger partial charge in [0.05, 0.1) is 23.9 Å². The fourth-order valence-electron chi connectivity index (χ4n) is 3.09. The van der Waals surface area contributed by atoms with Gasteiger partial charge in [-0.15, -0.1) is 5.10 Å². The van der Waals surface area contributed by atoms with Crippen molar-refractivity contribution >= 4 is 35.9 Å². The van der Waals surface area contributed by atoms with Crippen molar-refractivity contribution in [3.63, 3.8) is 0 Å². The van der Waals surface area contributed by atoms with Crippen LogP contribution in [0.15, 0.2) is 37.7 Å². The number of aryl methyl sites for hydroxylation is 1. The van der Waals surface area contributed by atoms with Crippen LogP contribution in [0.2, 0.25) is 0 Å². The number of carbonyl (C=O) groups is 3. The van der Waals surface area contributed by atoms with E-state index in [1.165, 1.54) is 17.8 Å². The molecule has 2 aromatic heterocycles. The van der Waals surface area contributed by atoms with Crippen LogP contribution in [0.1, 0.15) is 49.7 Å². The molecular weight excluding hydrogens is 462 g/mol. The van der Waals surface area contributed by atoms with Crippen LogP contribution in [-0.4, -0.2) is 54.9 Å². The van der Waals surface area contributed by atoms with Crippen LogP contribution in [0.5, 0.6) is 0 Å². The summed E-state index contributed by atoms with van der Waals surface area (Å²) in [7, 11) is 0. The first-order chi connectivity index (χ1) is 17.0. The molecule has 36 heavy (non-hydrogen) atoms. The van der Waals surface area contributed by atoms with Gasteiger partial charge in [0.2, 0.25) is 17.7 Å². The highest BCUT2D eigenvalue weighted by Crippen LogP contribution is 2.21. The third-order valence-electron chi connectivity index (χ3n) is 5.49. The average molecular weight is 496 g/mol. The molecule has 0 bridgehead atoms. The number of aromatic nitrogens is 4. The highest BCUT2D eigenvalue weighted by atomic mass is 16.3. The number of primary amides is 1. The summed E-state index contributed by atoms with van der Waals surface area (Å²) >= 11 is 0. The molecule has 3 amide bonds. The standard InChI is InChI=1S/C25H33N7O4/c1-6-17-12-19(27-13-18(17)7-2)8-10-25(4,5)24(36)29-21(23(35)28-16(3)22(26)34)9-11-32-14-20(15-33)30-31-32/h6-8,10,12-14,16,21,33H,1-2,9,11,15H2,3-5H3,(H2,26,34)(H,28,35)(H,29,36). The average Bonchev–Trinajstić information content (AvgIpc) is 3.32. The van der Waals surface area contributed by atoms with E-state index in [0.717, 1.165) is 11.1 Å². The molecule has 2 unspecified atom stereocenters. The van der Waals surface area contributed by atoms with E-state index in [-0.39, 0.29) is 19.6 Å². The van der Waals surface area contributed by atoms with E-state index < -0.39 is 35.2 Å². The highest BCUT2D eigenvalue weighted by Gasteiger charge is 2.30. The van der Waals surface area contributed by atoms with E-state index in [1.807, 2.05) is 6.07 Å². The molecule has 0 saturated carbocycles. The molecule has 2 atom stereocenters. The van der Waals surface area contributed by atoms with Crippen LogP contribution in [0, 0.1) is 5.41 Å². The van der Waals surface area contributed by atoms with Gasteiger partial charge in [-0.25, -0.2) is 0 Å². The quantitative estimate of drug-likeness (QED) is 0.322. The van der Waals surface area contributed by atoms with Gasteiger partial charge >= 0.3 is 0 Å². The van der Waals surface area contributed by atoms with Gasteiger partial charge in [-0.05, 0) is 50.5 Å².